The van der Waals surface area contributed by atoms with Crippen LogP contribution in [0.3, 0.4) is 0 Å². The molecule has 274 valence electrons. The monoisotopic (exact) mass is 710 g/mol. The first-order valence-electron chi connectivity index (χ1n) is 18.5. The Labute approximate surface area is 298 Å². The van der Waals surface area contributed by atoms with Crippen LogP contribution in [-0.2, 0) is 25.2 Å². The highest BCUT2D eigenvalue weighted by Gasteiger charge is 2.31. The Balaban J connectivity index is 0.000000198. The predicted molar refractivity (Wildman–Crippen MR) is 193 cm³/mol. The molecule has 0 saturated heterocycles. The molecule has 4 aromatic carbocycles. The Kier molecular flexibility index (Phi) is 13.1. The molecule has 0 unspecified atom stereocenters. The van der Waals surface area contributed by atoms with Gasteiger partial charge in [-0.25, -0.2) is 4.39 Å². The van der Waals surface area contributed by atoms with Gasteiger partial charge in [0.2, 0.25) is 0 Å². The van der Waals surface area contributed by atoms with Crippen molar-refractivity contribution < 1.29 is 30.7 Å². The highest BCUT2D eigenvalue weighted by atomic mass is 19.4. The van der Waals surface area contributed by atoms with Crippen molar-refractivity contribution >= 4 is 0 Å². The van der Waals surface area contributed by atoms with Gasteiger partial charge in [0, 0.05) is 5.56 Å². The predicted octanol–water partition coefficient (Wildman–Crippen LogP) is 14.4. The van der Waals surface area contributed by atoms with E-state index in [1.54, 1.807) is 18.2 Å². The van der Waals surface area contributed by atoms with Crippen molar-refractivity contribution in [2.45, 2.75) is 103 Å². The van der Waals surface area contributed by atoms with Gasteiger partial charge in [-0.1, -0.05) is 126 Å². The van der Waals surface area contributed by atoms with Gasteiger partial charge >= 0.3 is 12.4 Å². The molecule has 7 heteroatoms. The molecule has 2 fully saturated rings. The third kappa shape index (κ3) is 11.4. The van der Waals surface area contributed by atoms with Crippen LogP contribution in [0.2, 0.25) is 0 Å². The highest BCUT2D eigenvalue weighted by molar-refractivity contribution is 5.65. The van der Waals surface area contributed by atoms with Gasteiger partial charge in [-0.15, -0.1) is 0 Å². The molecule has 0 nitrogen and oxygen atoms in total. The van der Waals surface area contributed by atoms with Crippen molar-refractivity contribution in [1.82, 2.24) is 0 Å². The van der Waals surface area contributed by atoms with Gasteiger partial charge in [-0.2, -0.15) is 26.3 Å². The molecule has 0 amide bonds. The number of hydrogen-bond donors (Lipinski definition) is 0. The lowest BCUT2D eigenvalue weighted by Crippen LogP contribution is -2.12. The van der Waals surface area contributed by atoms with E-state index < -0.39 is 23.5 Å². The maximum Gasteiger partial charge on any atom is 0.416 e. The quantitative estimate of drug-likeness (QED) is 0.160. The first kappa shape index (κ1) is 38.6. The number of benzene rings is 4. The Morgan fingerprint density at radius 1 is 0.471 bits per heavy atom. The number of aryl methyl sites for hydroxylation is 2. The summed E-state index contributed by atoms with van der Waals surface area (Å²) >= 11 is 0. The zero-order valence-corrected chi connectivity index (χ0v) is 29.6. The number of alkyl halides is 6. The molecule has 2 aliphatic rings. The average Bonchev–Trinajstić information content (AvgIpc) is 3.11. The van der Waals surface area contributed by atoms with Gasteiger partial charge in [0.1, 0.15) is 5.82 Å². The lowest BCUT2D eigenvalue weighted by molar-refractivity contribution is -0.138. The summed E-state index contributed by atoms with van der Waals surface area (Å²) in [6, 6.07) is 23.4. The van der Waals surface area contributed by atoms with Gasteiger partial charge < -0.3 is 0 Å². The molecule has 4 aromatic rings. The topological polar surface area (TPSA) is 0 Å². The fourth-order valence-electron chi connectivity index (χ4n) is 7.48. The Morgan fingerprint density at radius 2 is 0.843 bits per heavy atom. The summed E-state index contributed by atoms with van der Waals surface area (Å²) in [5, 5.41) is 0. The fraction of sp³-hybridized carbons (Fsp3) is 0.455. The third-order valence-electron chi connectivity index (χ3n) is 11.0. The minimum atomic E-state index is -4.38. The van der Waals surface area contributed by atoms with Gasteiger partial charge in [0.15, 0.2) is 0 Å². The van der Waals surface area contributed by atoms with E-state index in [4.69, 9.17) is 0 Å². The molecule has 0 aliphatic heterocycles. The second-order valence-corrected chi connectivity index (χ2v) is 15.0. The van der Waals surface area contributed by atoms with Gasteiger partial charge in [0.05, 0.1) is 11.1 Å². The zero-order chi connectivity index (χ0) is 36.6. The van der Waals surface area contributed by atoms with Crippen LogP contribution < -0.4 is 0 Å². The third-order valence-corrected chi connectivity index (χ3v) is 11.0. The van der Waals surface area contributed by atoms with Crippen molar-refractivity contribution in [1.29, 1.82) is 0 Å². The molecule has 0 spiro atoms. The molecular formula is C44H49F7. The molecule has 0 N–H and O–H groups in total. The van der Waals surface area contributed by atoms with Gasteiger partial charge in [-0.05, 0) is 108 Å². The summed E-state index contributed by atoms with van der Waals surface area (Å²) in [7, 11) is 0. The molecule has 6 rings (SSSR count). The maximum atomic E-state index is 14.5. The van der Waals surface area contributed by atoms with Crippen LogP contribution in [-0.4, -0.2) is 0 Å². The minimum Gasteiger partial charge on any atom is -0.206 e. The summed E-state index contributed by atoms with van der Waals surface area (Å²) in [5.74, 6) is 2.92. The lowest BCUT2D eigenvalue weighted by atomic mass is 9.80. The fourth-order valence-corrected chi connectivity index (χ4v) is 7.48. The van der Waals surface area contributed by atoms with Crippen LogP contribution in [0.25, 0.3) is 22.3 Å². The molecule has 0 heterocycles. The SMILES string of the molecule is CC1CCC(CCc2ccc(-c3ccc(C(F)(F)F)cc3)c(F)c2)CC1.CC1CCC(CCc2ccc(-c3ccc(C(F)(F)F)cc3)cc2)CC1. The highest BCUT2D eigenvalue weighted by Crippen LogP contribution is 2.35. The normalized spacial score (nSPS) is 21.1. The van der Waals surface area contributed by atoms with Gasteiger partial charge in [0.25, 0.3) is 0 Å². The van der Waals surface area contributed by atoms with Crippen LogP contribution in [0, 0.1) is 29.5 Å². The van der Waals surface area contributed by atoms with Crippen molar-refractivity contribution in [3.05, 3.63) is 119 Å². The van der Waals surface area contributed by atoms with Crippen LogP contribution in [0.15, 0.2) is 91.0 Å². The minimum absolute atomic E-state index is 0.342. The first-order valence-corrected chi connectivity index (χ1v) is 18.5. The van der Waals surface area contributed by atoms with E-state index >= 15 is 0 Å². The van der Waals surface area contributed by atoms with E-state index in [2.05, 4.69) is 26.0 Å². The number of hydrogen-bond acceptors (Lipinski definition) is 0. The number of halogens is 7. The summed E-state index contributed by atoms with van der Waals surface area (Å²) in [4.78, 5) is 0. The maximum absolute atomic E-state index is 14.5. The second kappa shape index (κ2) is 17.3. The number of rotatable bonds is 8. The largest absolute Gasteiger partial charge is 0.416 e. The van der Waals surface area contributed by atoms with Crippen LogP contribution in [0.4, 0.5) is 30.7 Å². The Bertz CT molecular complexity index is 1630. The van der Waals surface area contributed by atoms with Crippen molar-refractivity contribution in [3.8, 4) is 22.3 Å². The van der Waals surface area contributed by atoms with Crippen molar-refractivity contribution in [2.24, 2.45) is 23.7 Å². The molecule has 51 heavy (non-hydrogen) atoms. The van der Waals surface area contributed by atoms with E-state index in [0.29, 0.717) is 11.1 Å². The van der Waals surface area contributed by atoms with E-state index in [0.717, 1.165) is 83.9 Å². The van der Waals surface area contributed by atoms with E-state index in [9.17, 15) is 30.7 Å². The average molecular weight is 711 g/mol. The first-order chi connectivity index (χ1) is 24.2. The smallest absolute Gasteiger partial charge is 0.206 e. The molecule has 0 aromatic heterocycles. The van der Waals surface area contributed by atoms with Crippen LogP contribution >= 0.6 is 0 Å². The van der Waals surface area contributed by atoms with E-state index in [1.165, 1.54) is 81.5 Å². The molecule has 0 bridgehead atoms. The standard InChI is InChI=1S/C22H24F4.C22H25F3/c1-15-2-4-16(5-3-15)6-7-17-8-13-20(21(23)14-17)18-9-11-19(12-10-18)22(24,25)26;1-16-2-4-17(5-3-16)6-7-18-8-10-19(11-9-18)20-12-14-21(15-13-20)22(23,24)25/h8-16H,2-7H2,1H3;8-17H,2-7H2,1H3. The molecular weight excluding hydrogens is 661 g/mol. The van der Waals surface area contributed by atoms with Crippen molar-refractivity contribution in [3.63, 3.8) is 0 Å². The molecule has 0 atom stereocenters. The molecule has 2 saturated carbocycles. The summed E-state index contributed by atoms with van der Waals surface area (Å²) in [6.07, 6.45) is 6.11. The Morgan fingerprint density at radius 3 is 1.25 bits per heavy atom. The van der Waals surface area contributed by atoms with Crippen LogP contribution in [0.1, 0.15) is 100 Å². The Hall–Kier alpha value is -3.61. The molecule has 2 aliphatic carbocycles. The van der Waals surface area contributed by atoms with E-state index in [-0.39, 0.29) is 5.82 Å². The zero-order valence-electron chi connectivity index (χ0n) is 29.6. The summed E-state index contributed by atoms with van der Waals surface area (Å²) in [6.45, 7) is 4.64. The van der Waals surface area contributed by atoms with Crippen molar-refractivity contribution in [2.75, 3.05) is 0 Å². The van der Waals surface area contributed by atoms with Crippen LogP contribution in [0.5, 0.6) is 0 Å². The molecule has 0 radical (unpaired) electrons. The van der Waals surface area contributed by atoms with E-state index in [1.807, 2.05) is 18.2 Å². The summed E-state index contributed by atoms with van der Waals surface area (Å²) < 4.78 is 90.3. The lowest BCUT2D eigenvalue weighted by Gasteiger charge is -2.26. The van der Waals surface area contributed by atoms with Gasteiger partial charge in [-0.3, -0.25) is 0 Å². The second-order valence-electron chi connectivity index (χ2n) is 15.0. The summed E-state index contributed by atoms with van der Waals surface area (Å²) in [5.41, 5.74) is 3.53.